The molecule has 3 rings (SSSR count). The van der Waals surface area contributed by atoms with Crippen LogP contribution in [-0.2, 0) is 10.2 Å². The smallest absolute Gasteiger partial charge is 0.351 e. The van der Waals surface area contributed by atoms with Gasteiger partial charge in [0.15, 0.2) is 0 Å². The Bertz CT molecular complexity index is 579. The lowest BCUT2D eigenvalue weighted by atomic mass is 9.73. The minimum Gasteiger partial charge on any atom is -0.447 e. The molecule has 0 saturated carbocycles. The molecule has 0 radical (unpaired) electrons. The minimum absolute atomic E-state index is 0. The highest BCUT2D eigenvalue weighted by atomic mass is 79.9. The maximum Gasteiger partial charge on any atom is 0.351 e. The van der Waals surface area contributed by atoms with Gasteiger partial charge in [-0.25, -0.2) is 4.58 Å². The molecule has 0 N–H and O–H groups in total. The Labute approximate surface area is 136 Å². The van der Waals surface area contributed by atoms with Gasteiger partial charge in [0.25, 0.3) is 0 Å². The fourth-order valence-electron chi connectivity index (χ4n) is 3.19. The van der Waals surface area contributed by atoms with Crippen LogP contribution in [0.5, 0.6) is 0 Å². The number of rotatable bonds is 2. The molecular weight excluding hydrogens is 326 g/mol. The summed E-state index contributed by atoms with van der Waals surface area (Å²) in [4.78, 5) is 0. The second-order valence-electron chi connectivity index (χ2n) is 5.44. The van der Waals surface area contributed by atoms with Gasteiger partial charge in [-0.2, -0.15) is 0 Å². The van der Waals surface area contributed by atoms with Gasteiger partial charge in [0.05, 0.1) is 6.61 Å². The van der Waals surface area contributed by atoms with Crippen LogP contribution in [0.4, 0.5) is 0 Å². The van der Waals surface area contributed by atoms with E-state index >= 15 is 0 Å². The molecule has 1 aliphatic heterocycles. The molecule has 1 heterocycles. The Hall–Kier alpha value is -1.61. The maximum absolute atomic E-state index is 5.98. The van der Waals surface area contributed by atoms with E-state index in [1.807, 2.05) is 0 Å². The van der Waals surface area contributed by atoms with Crippen molar-refractivity contribution in [2.24, 2.45) is 0 Å². The number of hydrogen-bond acceptors (Lipinski definition) is 1. The van der Waals surface area contributed by atoms with Gasteiger partial charge in [-0.3, -0.25) is 0 Å². The molecule has 0 aliphatic carbocycles. The molecule has 0 bridgehead atoms. The molecule has 1 fully saturated rings. The van der Waals surface area contributed by atoms with E-state index in [4.69, 9.17) is 4.74 Å². The van der Waals surface area contributed by atoms with Crippen LogP contribution in [0.2, 0.25) is 0 Å². The normalized spacial score (nSPS) is 16.0. The molecule has 0 spiro atoms. The van der Waals surface area contributed by atoms with Gasteiger partial charge in [0.1, 0.15) is 19.5 Å². The van der Waals surface area contributed by atoms with Crippen molar-refractivity contribution in [2.45, 2.75) is 11.8 Å². The third-order valence-corrected chi connectivity index (χ3v) is 4.02. The average molecular weight is 347 g/mol. The quantitative estimate of drug-likeness (QED) is 0.756. The van der Waals surface area contributed by atoms with Crippen LogP contribution in [-0.4, -0.2) is 31.2 Å². The van der Waals surface area contributed by atoms with Crippen molar-refractivity contribution in [3.8, 4) is 0 Å². The van der Waals surface area contributed by atoms with Crippen LogP contribution in [0.15, 0.2) is 60.7 Å². The van der Waals surface area contributed by atoms with E-state index < -0.39 is 0 Å². The summed E-state index contributed by atoms with van der Waals surface area (Å²) in [5, 5.41) is 0. The average Bonchev–Trinajstić information content (AvgIpc) is 2.95. The maximum atomic E-state index is 5.98. The van der Waals surface area contributed by atoms with Gasteiger partial charge >= 0.3 is 5.90 Å². The lowest BCUT2D eigenvalue weighted by molar-refractivity contribution is -0.476. The van der Waals surface area contributed by atoms with Crippen molar-refractivity contribution < 1.29 is 9.31 Å². The van der Waals surface area contributed by atoms with Crippen LogP contribution in [0.1, 0.15) is 17.5 Å². The molecule has 1 aliphatic rings. The van der Waals surface area contributed by atoms with E-state index in [1.54, 1.807) is 0 Å². The molecule has 2 aromatic rings. The zero-order chi connectivity index (χ0) is 14.0. The molecular formula is C18H21BrNO+. The third-order valence-electron chi connectivity index (χ3n) is 4.02. The van der Waals surface area contributed by atoms with Gasteiger partial charge in [-0.15, -0.1) is 17.0 Å². The Kier molecular flexibility index (Phi) is 4.84. The molecule has 21 heavy (non-hydrogen) atoms. The summed E-state index contributed by atoms with van der Waals surface area (Å²) in [5.74, 6) is 1.04. The van der Waals surface area contributed by atoms with E-state index in [2.05, 4.69) is 79.3 Å². The van der Waals surface area contributed by atoms with Crippen molar-refractivity contribution in [1.29, 1.82) is 0 Å². The van der Waals surface area contributed by atoms with Gasteiger partial charge in [-0.1, -0.05) is 60.7 Å². The third kappa shape index (κ3) is 2.62. The Balaban J connectivity index is 0.00000161. The first kappa shape index (κ1) is 15.8. The summed E-state index contributed by atoms with van der Waals surface area (Å²) in [6.45, 7) is 0.761. The zero-order valence-corrected chi connectivity index (χ0v) is 14.2. The lowest BCUT2D eigenvalue weighted by Crippen LogP contribution is -2.37. The fourth-order valence-corrected chi connectivity index (χ4v) is 3.19. The standard InChI is InChI=1S/C18H20NO.BrH/c1-19(2)17-18(13-14-20-17,15-9-5-3-6-10-15)16-11-7-4-8-12-16;/h3-12H,13-14H2,1-2H3;1H/q+1;. The summed E-state index contributed by atoms with van der Waals surface area (Å²) in [5.41, 5.74) is 2.44. The number of ether oxygens (including phenoxy) is 1. The Morgan fingerprint density at radius 1 is 0.857 bits per heavy atom. The van der Waals surface area contributed by atoms with Gasteiger partial charge in [-0.05, 0) is 11.1 Å². The van der Waals surface area contributed by atoms with E-state index in [1.165, 1.54) is 11.1 Å². The first-order valence-corrected chi connectivity index (χ1v) is 7.04. The fraction of sp³-hybridized carbons (Fsp3) is 0.278. The largest absolute Gasteiger partial charge is 0.447 e. The first-order chi connectivity index (χ1) is 9.75. The van der Waals surface area contributed by atoms with Crippen molar-refractivity contribution in [3.63, 3.8) is 0 Å². The Morgan fingerprint density at radius 2 is 1.33 bits per heavy atom. The molecule has 0 amide bonds. The van der Waals surface area contributed by atoms with E-state index in [9.17, 15) is 0 Å². The van der Waals surface area contributed by atoms with Crippen LogP contribution in [0.3, 0.4) is 0 Å². The van der Waals surface area contributed by atoms with Crippen LogP contribution in [0, 0.1) is 0 Å². The van der Waals surface area contributed by atoms with Crippen LogP contribution in [0.25, 0.3) is 0 Å². The molecule has 0 aromatic heterocycles. The molecule has 3 heteroatoms. The highest BCUT2D eigenvalue weighted by Gasteiger charge is 2.50. The number of halogens is 1. The second-order valence-corrected chi connectivity index (χ2v) is 5.44. The second kappa shape index (κ2) is 6.44. The first-order valence-electron chi connectivity index (χ1n) is 7.04. The highest BCUT2D eigenvalue weighted by Crippen LogP contribution is 2.41. The summed E-state index contributed by atoms with van der Waals surface area (Å²) < 4.78 is 8.09. The van der Waals surface area contributed by atoms with Gasteiger partial charge < -0.3 is 4.74 Å². The number of hydrogen-bond donors (Lipinski definition) is 0. The van der Waals surface area contributed by atoms with Crippen molar-refractivity contribution in [1.82, 2.24) is 0 Å². The zero-order valence-electron chi connectivity index (χ0n) is 12.5. The van der Waals surface area contributed by atoms with Crippen molar-refractivity contribution >= 4 is 22.9 Å². The molecule has 0 unspecified atom stereocenters. The van der Waals surface area contributed by atoms with Crippen molar-refractivity contribution in [3.05, 3.63) is 71.8 Å². The predicted molar refractivity (Wildman–Crippen MR) is 91.7 cm³/mol. The highest BCUT2D eigenvalue weighted by molar-refractivity contribution is 8.93. The minimum atomic E-state index is -0.161. The molecule has 2 nitrogen and oxygen atoms in total. The molecule has 1 saturated heterocycles. The van der Waals surface area contributed by atoms with E-state index in [0.29, 0.717) is 0 Å². The van der Waals surface area contributed by atoms with Crippen molar-refractivity contribution in [2.75, 3.05) is 20.7 Å². The predicted octanol–water partition coefficient (Wildman–Crippen LogP) is 3.64. The summed E-state index contributed by atoms with van der Waals surface area (Å²) in [6.07, 6.45) is 0.981. The lowest BCUT2D eigenvalue weighted by Gasteiger charge is -2.26. The molecule has 110 valence electrons. The molecule has 0 atom stereocenters. The summed E-state index contributed by atoms with van der Waals surface area (Å²) >= 11 is 0. The SMILES string of the molecule is Br.C[N+](C)=C1OCCC1(c1ccccc1)c1ccccc1. The monoisotopic (exact) mass is 346 g/mol. The van der Waals surface area contributed by atoms with E-state index in [-0.39, 0.29) is 22.4 Å². The van der Waals surface area contributed by atoms with Gasteiger partial charge in [0.2, 0.25) is 0 Å². The summed E-state index contributed by atoms with van der Waals surface area (Å²) in [6, 6.07) is 21.3. The number of nitrogens with zero attached hydrogens (tertiary/aromatic N) is 1. The Morgan fingerprint density at radius 3 is 1.76 bits per heavy atom. The van der Waals surface area contributed by atoms with E-state index in [0.717, 1.165) is 18.9 Å². The van der Waals surface area contributed by atoms with Crippen LogP contribution >= 0.6 is 17.0 Å². The topological polar surface area (TPSA) is 12.2 Å². The number of benzene rings is 2. The summed E-state index contributed by atoms with van der Waals surface area (Å²) in [7, 11) is 4.11. The molecule has 2 aromatic carbocycles. The van der Waals surface area contributed by atoms with Gasteiger partial charge in [0, 0.05) is 6.42 Å². The van der Waals surface area contributed by atoms with Crippen LogP contribution < -0.4 is 0 Å².